The molecule has 3 rings (SSSR count). The number of carbonyl (C=O) groups is 2. The van der Waals surface area contributed by atoms with Crippen molar-refractivity contribution in [2.24, 2.45) is 0 Å². The maximum absolute atomic E-state index is 13.8. The van der Waals surface area contributed by atoms with Crippen molar-refractivity contribution in [1.82, 2.24) is 10.2 Å². The Morgan fingerprint density at radius 1 is 0.889 bits per heavy atom. The Kier molecular flexibility index (Phi) is 8.88. The number of amides is 2. The van der Waals surface area contributed by atoms with Gasteiger partial charge < -0.3 is 10.2 Å². The summed E-state index contributed by atoms with van der Waals surface area (Å²) in [5.74, 6) is -0.774. The van der Waals surface area contributed by atoms with Crippen LogP contribution in [0, 0.1) is 13.8 Å². The first-order valence-electron chi connectivity index (χ1n) is 11.9. The molecule has 0 fully saturated rings. The van der Waals surface area contributed by atoms with Crippen molar-refractivity contribution in [3.8, 4) is 0 Å². The van der Waals surface area contributed by atoms with E-state index in [2.05, 4.69) is 5.32 Å². The van der Waals surface area contributed by atoms with Crippen molar-refractivity contribution in [3.63, 3.8) is 0 Å². The van der Waals surface area contributed by atoms with Crippen molar-refractivity contribution in [1.29, 1.82) is 0 Å². The number of nitrogens with one attached hydrogen (secondary N) is 1. The zero-order chi connectivity index (χ0) is 26.3. The second-order valence-corrected chi connectivity index (χ2v) is 10.5. The van der Waals surface area contributed by atoms with Crippen LogP contribution in [0.25, 0.3) is 0 Å². The number of sulfonamides is 1. The lowest BCUT2D eigenvalue weighted by molar-refractivity contribution is -0.139. The summed E-state index contributed by atoms with van der Waals surface area (Å²) in [6.45, 7) is 7.34. The summed E-state index contributed by atoms with van der Waals surface area (Å²) < 4.78 is 28.7. The van der Waals surface area contributed by atoms with Gasteiger partial charge in [-0.2, -0.15) is 0 Å². The lowest BCUT2D eigenvalue weighted by Crippen LogP contribution is -2.51. The first-order valence-corrected chi connectivity index (χ1v) is 13.4. The third kappa shape index (κ3) is 6.12. The smallest absolute Gasteiger partial charge is 0.264 e. The van der Waals surface area contributed by atoms with Crippen LogP contribution in [0.5, 0.6) is 0 Å². The molecule has 0 saturated carbocycles. The second-order valence-electron chi connectivity index (χ2n) is 8.62. The minimum Gasteiger partial charge on any atom is -0.355 e. The summed E-state index contributed by atoms with van der Waals surface area (Å²) in [6.07, 6.45) is 0. The molecular formula is C28H33N3O4S. The first kappa shape index (κ1) is 26.9. The highest BCUT2D eigenvalue weighted by Crippen LogP contribution is 2.29. The Morgan fingerprint density at radius 3 is 2.11 bits per heavy atom. The van der Waals surface area contributed by atoms with E-state index in [4.69, 9.17) is 0 Å². The van der Waals surface area contributed by atoms with E-state index in [9.17, 15) is 18.0 Å². The van der Waals surface area contributed by atoms with Gasteiger partial charge in [-0.15, -0.1) is 0 Å². The van der Waals surface area contributed by atoms with Crippen LogP contribution in [0.4, 0.5) is 5.69 Å². The molecule has 0 aromatic heterocycles. The van der Waals surface area contributed by atoms with Crippen molar-refractivity contribution in [2.45, 2.75) is 45.2 Å². The number of hydrogen-bond acceptors (Lipinski definition) is 4. The Bertz CT molecular complexity index is 1290. The van der Waals surface area contributed by atoms with Crippen molar-refractivity contribution in [2.75, 3.05) is 17.4 Å². The molecule has 1 atom stereocenters. The van der Waals surface area contributed by atoms with E-state index in [-0.39, 0.29) is 17.3 Å². The van der Waals surface area contributed by atoms with Gasteiger partial charge in [0.1, 0.15) is 12.6 Å². The predicted molar refractivity (Wildman–Crippen MR) is 142 cm³/mol. The van der Waals surface area contributed by atoms with Crippen LogP contribution < -0.4 is 9.62 Å². The molecular weight excluding hydrogens is 474 g/mol. The number of carbonyl (C=O) groups excluding carboxylic acids is 2. The van der Waals surface area contributed by atoms with Gasteiger partial charge >= 0.3 is 0 Å². The average Bonchev–Trinajstić information content (AvgIpc) is 2.88. The summed E-state index contributed by atoms with van der Waals surface area (Å²) in [5, 5.41) is 2.76. The van der Waals surface area contributed by atoms with Crippen LogP contribution in [-0.2, 0) is 26.2 Å². The van der Waals surface area contributed by atoms with E-state index in [1.54, 1.807) is 37.3 Å². The quantitative estimate of drug-likeness (QED) is 0.449. The molecule has 0 radical (unpaired) electrons. The third-order valence-corrected chi connectivity index (χ3v) is 7.94. The van der Waals surface area contributed by atoms with Gasteiger partial charge in [-0.3, -0.25) is 13.9 Å². The number of benzene rings is 3. The number of likely N-dealkylation sites (N-methyl/N-ethyl adjacent to an activating group) is 1. The topological polar surface area (TPSA) is 86.8 Å². The minimum absolute atomic E-state index is 0.0880. The van der Waals surface area contributed by atoms with Crippen LogP contribution in [-0.4, -0.2) is 44.3 Å². The fourth-order valence-electron chi connectivity index (χ4n) is 3.92. The van der Waals surface area contributed by atoms with Crippen LogP contribution in [0.3, 0.4) is 0 Å². The van der Waals surface area contributed by atoms with E-state index in [0.717, 1.165) is 21.0 Å². The third-order valence-electron chi connectivity index (χ3n) is 6.17. The molecule has 1 N–H and O–H groups in total. The Labute approximate surface area is 213 Å². The molecule has 0 bridgehead atoms. The molecule has 0 heterocycles. The standard InChI is InChI=1S/C28H33N3O4S/c1-5-29-28(33)23(4)30(19-24-14-8-6-9-15-24)27(32)20-31(26-18-12-13-21(2)22(26)3)36(34,35)25-16-10-7-11-17-25/h6-18,23H,5,19-20H2,1-4H3,(H,29,33)/t23-/m1/s1. The van der Waals surface area contributed by atoms with Crippen LogP contribution >= 0.6 is 0 Å². The summed E-state index contributed by atoms with van der Waals surface area (Å²) in [5.41, 5.74) is 2.94. The number of hydrogen-bond donors (Lipinski definition) is 1. The fraction of sp³-hybridized carbons (Fsp3) is 0.286. The minimum atomic E-state index is -4.07. The molecule has 190 valence electrons. The van der Waals surface area contributed by atoms with Gasteiger partial charge in [0.05, 0.1) is 10.6 Å². The molecule has 0 aliphatic heterocycles. The van der Waals surface area contributed by atoms with E-state index in [1.165, 1.54) is 17.0 Å². The molecule has 2 amide bonds. The lowest BCUT2D eigenvalue weighted by atomic mass is 10.1. The van der Waals surface area contributed by atoms with Crippen LogP contribution in [0.15, 0.2) is 83.8 Å². The van der Waals surface area contributed by atoms with Gasteiger partial charge in [0.15, 0.2) is 0 Å². The maximum atomic E-state index is 13.8. The Hall–Kier alpha value is -3.65. The maximum Gasteiger partial charge on any atom is 0.264 e. The molecule has 0 unspecified atom stereocenters. The summed E-state index contributed by atoms with van der Waals surface area (Å²) in [4.78, 5) is 28.0. The Morgan fingerprint density at radius 2 is 1.50 bits per heavy atom. The van der Waals surface area contributed by atoms with Crippen molar-refractivity contribution < 1.29 is 18.0 Å². The monoisotopic (exact) mass is 507 g/mol. The first-order chi connectivity index (χ1) is 17.2. The summed E-state index contributed by atoms with van der Waals surface area (Å²) >= 11 is 0. The van der Waals surface area contributed by atoms with Gasteiger partial charge in [0.25, 0.3) is 10.0 Å². The number of anilines is 1. The zero-order valence-electron chi connectivity index (χ0n) is 21.1. The second kappa shape index (κ2) is 11.9. The molecule has 0 spiro atoms. The number of rotatable bonds is 10. The summed E-state index contributed by atoms with van der Waals surface area (Å²) in [7, 11) is -4.07. The highest BCUT2D eigenvalue weighted by atomic mass is 32.2. The van der Waals surface area contributed by atoms with E-state index < -0.39 is 28.5 Å². The van der Waals surface area contributed by atoms with Gasteiger partial charge in [-0.05, 0) is 62.6 Å². The SMILES string of the molecule is CCNC(=O)[C@@H](C)N(Cc1ccccc1)C(=O)CN(c1cccc(C)c1C)S(=O)(=O)c1ccccc1. The van der Waals surface area contributed by atoms with Crippen LogP contribution in [0.2, 0.25) is 0 Å². The Balaban J connectivity index is 2.05. The molecule has 8 heteroatoms. The van der Waals surface area contributed by atoms with Crippen molar-refractivity contribution in [3.05, 3.63) is 95.6 Å². The van der Waals surface area contributed by atoms with Crippen LogP contribution in [0.1, 0.15) is 30.5 Å². The molecule has 0 aliphatic carbocycles. The molecule has 3 aromatic rings. The van der Waals surface area contributed by atoms with E-state index in [1.807, 2.05) is 57.2 Å². The van der Waals surface area contributed by atoms with Crippen molar-refractivity contribution >= 4 is 27.5 Å². The van der Waals surface area contributed by atoms with Gasteiger partial charge in [0.2, 0.25) is 11.8 Å². The summed E-state index contributed by atoms with van der Waals surface area (Å²) in [6, 6.07) is 22.0. The molecule has 0 saturated heterocycles. The normalized spacial score (nSPS) is 12.0. The van der Waals surface area contributed by atoms with Gasteiger partial charge in [-0.25, -0.2) is 8.42 Å². The predicted octanol–water partition coefficient (Wildman–Crippen LogP) is 4.05. The molecule has 0 aliphatic rings. The average molecular weight is 508 g/mol. The molecule has 36 heavy (non-hydrogen) atoms. The molecule has 3 aromatic carbocycles. The van der Waals surface area contributed by atoms with E-state index >= 15 is 0 Å². The largest absolute Gasteiger partial charge is 0.355 e. The number of nitrogens with zero attached hydrogens (tertiary/aromatic N) is 2. The number of aryl methyl sites for hydroxylation is 1. The highest BCUT2D eigenvalue weighted by Gasteiger charge is 2.33. The zero-order valence-corrected chi connectivity index (χ0v) is 22.0. The van der Waals surface area contributed by atoms with Gasteiger partial charge in [0, 0.05) is 13.1 Å². The molecule has 7 nitrogen and oxygen atoms in total. The fourth-order valence-corrected chi connectivity index (χ4v) is 5.42. The lowest BCUT2D eigenvalue weighted by Gasteiger charge is -2.32. The van der Waals surface area contributed by atoms with E-state index in [0.29, 0.717) is 12.2 Å². The van der Waals surface area contributed by atoms with Gasteiger partial charge in [-0.1, -0.05) is 60.7 Å². The highest BCUT2D eigenvalue weighted by molar-refractivity contribution is 7.92.